The van der Waals surface area contributed by atoms with E-state index in [2.05, 4.69) is 31.3 Å². The molecule has 1 atom stereocenters. The molecule has 0 aliphatic rings. The highest BCUT2D eigenvalue weighted by molar-refractivity contribution is 8.93. The number of hydrogen-bond acceptors (Lipinski definition) is 4. The number of carbonyl (C=O) groups is 1. The van der Waals surface area contributed by atoms with Crippen molar-refractivity contribution in [3.63, 3.8) is 0 Å². The number of ether oxygens (including phenoxy) is 1. The van der Waals surface area contributed by atoms with E-state index in [-0.39, 0.29) is 28.9 Å². The molecule has 0 fully saturated rings. The highest BCUT2D eigenvalue weighted by Gasteiger charge is 2.22. The van der Waals surface area contributed by atoms with E-state index in [9.17, 15) is 9.90 Å². The van der Waals surface area contributed by atoms with Gasteiger partial charge in [-0.25, -0.2) is 4.79 Å². The summed E-state index contributed by atoms with van der Waals surface area (Å²) in [4.78, 5) is 13.8. The predicted molar refractivity (Wildman–Crippen MR) is 132 cm³/mol. The number of halogens is 1. The number of nitrogens with zero attached hydrogens (tertiary/aromatic N) is 1. The third-order valence-electron chi connectivity index (χ3n) is 4.99. The first-order valence-electron chi connectivity index (χ1n) is 10.9. The number of urea groups is 1. The first-order valence-corrected chi connectivity index (χ1v) is 10.9. The summed E-state index contributed by atoms with van der Waals surface area (Å²) in [5.41, 5.74) is 7.57. The van der Waals surface area contributed by atoms with Gasteiger partial charge in [-0.05, 0) is 61.2 Å². The Kier molecular flexibility index (Phi) is 12.7. The molecule has 2 aromatic rings. The van der Waals surface area contributed by atoms with Crippen LogP contribution in [0.2, 0.25) is 0 Å². The Labute approximate surface area is 196 Å². The topological polar surface area (TPSA) is 87.8 Å². The Morgan fingerprint density at radius 2 is 1.71 bits per heavy atom. The van der Waals surface area contributed by atoms with Gasteiger partial charge in [-0.2, -0.15) is 0 Å². The lowest BCUT2D eigenvalue weighted by Crippen LogP contribution is -2.51. The molecule has 0 aromatic heterocycles. The fraction of sp³-hybridized carbons (Fsp3) is 0.458. The van der Waals surface area contributed by atoms with E-state index in [0.717, 1.165) is 50.9 Å². The first kappa shape index (κ1) is 26.8. The quantitative estimate of drug-likeness (QED) is 0.258. The molecular weight excluding hydrogens is 458 g/mol. The van der Waals surface area contributed by atoms with Crippen molar-refractivity contribution in [3.8, 4) is 11.5 Å². The number of rotatable bonds is 13. The van der Waals surface area contributed by atoms with Gasteiger partial charge in [-0.1, -0.05) is 45.2 Å². The summed E-state index contributed by atoms with van der Waals surface area (Å²) >= 11 is 0. The number of hydrogen-bond donors (Lipinski definition) is 3. The van der Waals surface area contributed by atoms with Crippen molar-refractivity contribution in [2.45, 2.75) is 58.5 Å². The zero-order chi connectivity index (χ0) is 21.8. The number of phenols is 1. The molecule has 2 amide bonds. The zero-order valence-electron chi connectivity index (χ0n) is 18.5. The molecule has 0 aliphatic heterocycles. The minimum Gasteiger partial charge on any atom is -0.508 e. The van der Waals surface area contributed by atoms with Gasteiger partial charge < -0.3 is 15.6 Å². The average Bonchev–Trinajstić information content (AvgIpc) is 2.74. The minimum atomic E-state index is -0.511. The number of unbranched alkanes of at least 4 members (excludes halogenated alkanes) is 2. The Bertz CT molecular complexity index is 754. The second kappa shape index (κ2) is 14.7. The maximum atomic E-state index is 12.2. The molecule has 0 radical (unpaired) electrons. The maximum Gasteiger partial charge on any atom is 0.320 e. The van der Waals surface area contributed by atoms with Crippen molar-refractivity contribution >= 4 is 28.7 Å². The fourth-order valence-electron chi connectivity index (χ4n) is 3.26. The van der Waals surface area contributed by atoms with Crippen molar-refractivity contribution < 1.29 is 14.6 Å². The van der Waals surface area contributed by atoms with Crippen LogP contribution in [0.3, 0.4) is 0 Å². The minimum absolute atomic E-state index is 0. The molecule has 0 bridgehead atoms. The number of anilines is 1. The first-order chi connectivity index (χ1) is 14.5. The van der Waals surface area contributed by atoms with Crippen LogP contribution in [0.4, 0.5) is 10.5 Å². The van der Waals surface area contributed by atoms with Crippen molar-refractivity contribution in [2.24, 2.45) is 5.73 Å². The lowest BCUT2D eigenvalue weighted by Gasteiger charge is -2.31. The normalized spacial score (nSPS) is 11.4. The largest absolute Gasteiger partial charge is 0.508 e. The van der Waals surface area contributed by atoms with Crippen molar-refractivity contribution in [1.29, 1.82) is 0 Å². The summed E-state index contributed by atoms with van der Waals surface area (Å²) in [6.07, 6.45) is 5.61. The molecule has 7 heteroatoms. The highest BCUT2D eigenvalue weighted by Crippen LogP contribution is 2.22. The summed E-state index contributed by atoms with van der Waals surface area (Å²) in [5, 5.41) is 13.0. The Morgan fingerprint density at radius 3 is 2.29 bits per heavy atom. The number of carbonyl (C=O) groups excluding carboxylic acids is 1. The number of nitrogens with one attached hydrogen (secondary N) is 1. The van der Waals surface area contributed by atoms with E-state index in [1.165, 1.54) is 5.56 Å². The van der Waals surface area contributed by atoms with E-state index < -0.39 is 6.03 Å². The smallest absolute Gasteiger partial charge is 0.320 e. The predicted octanol–water partition coefficient (Wildman–Crippen LogP) is 5.38. The summed E-state index contributed by atoms with van der Waals surface area (Å²) in [6.45, 7) is 5.73. The number of phenolic OH excluding ortho intramolecular Hbond substituents is 1. The van der Waals surface area contributed by atoms with E-state index in [1.54, 1.807) is 29.2 Å². The van der Waals surface area contributed by atoms with Crippen molar-refractivity contribution in [3.05, 3.63) is 54.1 Å². The van der Waals surface area contributed by atoms with Crippen LogP contribution in [-0.4, -0.2) is 30.5 Å². The number of nitrogens with two attached hydrogens (primary N) is 1. The summed E-state index contributed by atoms with van der Waals surface area (Å²) in [5.74, 6) is 1.05. The molecule has 172 valence electrons. The van der Waals surface area contributed by atoms with Gasteiger partial charge in [0.25, 0.3) is 0 Å². The molecular formula is C24H36BrN3O3. The van der Waals surface area contributed by atoms with Crippen LogP contribution in [-0.2, 0) is 6.42 Å². The SMILES string of the molecule is Br.CCCCOc1ccc(CCNC(CCCC)N(C(N)=O)c2ccc(O)cc2)cc1. The van der Waals surface area contributed by atoms with Crippen molar-refractivity contribution in [2.75, 3.05) is 18.1 Å². The zero-order valence-corrected chi connectivity index (χ0v) is 20.3. The third kappa shape index (κ3) is 9.19. The van der Waals surface area contributed by atoms with E-state index in [1.807, 2.05) is 12.1 Å². The van der Waals surface area contributed by atoms with Crippen LogP contribution in [0.15, 0.2) is 48.5 Å². The molecule has 0 saturated heterocycles. The average molecular weight is 494 g/mol. The molecule has 0 heterocycles. The van der Waals surface area contributed by atoms with Crippen LogP contribution in [0.1, 0.15) is 51.5 Å². The van der Waals surface area contributed by atoms with Gasteiger partial charge in [0.05, 0.1) is 12.8 Å². The second-order valence-corrected chi connectivity index (χ2v) is 7.43. The summed E-state index contributed by atoms with van der Waals surface area (Å²) in [6, 6.07) is 14.2. The molecule has 6 nitrogen and oxygen atoms in total. The number of amides is 2. The fourth-order valence-corrected chi connectivity index (χ4v) is 3.26. The monoisotopic (exact) mass is 493 g/mol. The van der Waals surface area contributed by atoms with Crippen molar-refractivity contribution in [1.82, 2.24) is 5.32 Å². The van der Waals surface area contributed by atoms with Crippen LogP contribution in [0, 0.1) is 0 Å². The van der Waals surface area contributed by atoms with Gasteiger partial charge in [-0.3, -0.25) is 10.2 Å². The molecule has 1 unspecified atom stereocenters. The van der Waals surface area contributed by atoms with Crippen LogP contribution in [0.5, 0.6) is 11.5 Å². The Balaban J connectivity index is 0.00000480. The molecule has 0 aliphatic carbocycles. The molecule has 2 aromatic carbocycles. The lowest BCUT2D eigenvalue weighted by molar-refractivity contribution is 0.249. The molecule has 2 rings (SSSR count). The van der Waals surface area contributed by atoms with Gasteiger partial charge in [0, 0.05) is 12.2 Å². The number of primary amides is 1. The highest BCUT2D eigenvalue weighted by atomic mass is 79.9. The number of aromatic hydroxyl groups is 1. The maximum absolute atomic E-state index is 12.2. The van der Waals surface area contributed by atoms with Gasteiger partial charge >= 0.3 is 6.03 Å². The molecule has 0 spiro atoms. The molecule has 0 saturated carbocycles. The Hall–Kier alpha value is -2.25. The molecule has 4 N–H and O–H groups in total. The van der Waals surface area contributed by atoms with Gasteiger partial charge in [0.15, 0.2) is 0 Å². The molecule has 31 heavy (non-hydrogen) atoms. The van der Waals surface area contributed by atoms with Gasteiger partial charge in [0.2, 0.25) is 0 Å². The van der Waals surface area contributed by atoms with Crippen LogP contribution < -0.4 is 20.7 Å². The lowest BCUT2D eigenvalue weighted by atomic mass is 10.1. The second-order valence-electron chi connectivity index (χ2n) is 7.43. The van der Waals surface area contributed by atoms with Crippen LogP contribution in [0.25, 0.3) is 0 Å². The number of benzene rings is 2. The standard InChI is InChI=1S/C24H35N3O3.BrH/c1-3-5-7-23(27(24(25)29)20-10-12-21(28)13-11-20)26-17-16-19-8-14-22(15-9-19)30-18-6-4-2;/h8-15,23,26,28H,3-7,16-18H2,1-2H3,(H2,25,29);1H. The van der Waals surface area contributed by atoms with E-state index in [4.69, 9.17) is 10.5 Å². The third-order valence-corrected chi connectivity index (χ3v) is 4.99. The van der Waals surface area contributed by atoms with Gasteiger partial charge in [0.1, 0.15) is 11.5 Å². The van der Waals surface area contributed by atoms with Gasteiger partial charge in [-0.15, -0.1) is 17.0 Å². The summed E-state index contributed by atoms with van der Waals surface area (Å²) < 4.78 is 5.71. The van der Waals surface area contributed by atoms with Crippen LogP contribution >= 0.6 is 17.0 Å². The summed E-state index contributed by atoms with van der Waals surface area (Å²) in [7, 11) is 0. The van der Waals surface area contributed by atoms with E-state index >= 15 is 0 Å². The Morgan fingerprint density at radius 1 is 1.06 bits per heavy atom. The van der Waals surface area contributed by atoms with E-state index in [0.29, 0.717) is 12.2 Å².